The molecule has 6 heteroatoms. The van der Waals surface area contributed by atoms with Crippen molar-refractivity contribution in [3.05, 3.63) is 47.8 Å². The zero-order valence-corrected chi connectivity index (χ0v) is 13.5. The summed E-state index contributed by atoms with van der Waals surface area (Å²) in [4.78, 5) is 27.0. The fraction of sp³-hybridized carbons (Fsp3) is 0.353. The van der Waals surface area contributed by atoms with Crippen molar-refractivity contribution in [2.45, 2.75) is 26.4 Å². The van der Waals surface area contributed by atoms with Crippen molar-refractivity contribution in [2.24, 2.45) is 13.0 Å². The quantitative estimate of drug-likeness (QED) is 0.939. The van der Waals surface area contributed by atoms with Gasteiger partial charge in [0.2, 0.25) is 5.91 Å². The van der Waals surface area contributed by atoms with Crippen molar-refractivity contribution in [2.75, 3.05) is 5.32 Å². The molecular formula is C17H20N4O2. The van der Waals surface area contributed by atoms with Crippen LogP contribution in [0, 0.1) is 5.92 Å². The van der Waals surface area contributed by atoms with E-state index in [1.807, 2.05) is 38.1 Å². The second kappa shape index (κ2) is 5.87. The van der Waals surface area contributed by atoms with E-state index in [0.29, 0.717) is 17.8 Å². The first-order valence-electron chi connectivity index (χ1n) is 7.65. The van der Waals surface area contributed by atoms with Gasteiger partial charge in [-0.05, 0) is 17.5 Å². The number of carbonyl (C=O) groups is 2. The Morgan fingerprint density at radius 2 is 2.04 bits per heavy atom. The maximum Gasteiger partial charge on any atom is 0.255 e. The van der Waals surface area contributed by atoms with Crippen molar-refractivity contribution in [3.63, 3.8) is 0 Å². The Morgan fingerprint density at radius 1 is 1.30 bits per heavy atom. The summed E-state index contributed by atoms with van der Waals surface area (Å²) in [5.74, 6) is -0.264. The normalized spacial score (nSPS) is 15.0. The van der Waals surface area contributed by atoms with Gasteiger partial charge in [-0.1, -0.05) is 32.0 Å². The van der Waals surface area contributed by atoms with Gasteiger partial charge in [0.05, 0.1) is 11.9 Å². The minimum absolute atomic E-state index is 0.00457. The summed E-state index contributed by atoms with van der Waals surface area (Å²) in [6.07, 6.45) is 3.33. The number of benzene rings is 1. The number of rotatable bonds is 4. The van der Waals surface area contributed by atoms with Crippen LogP contribution in [-0.4, -0.2) is 32.5 Å². The average molecular weight is 312 g/mol. The van der Waals surface area contributed by atoms with Crippen LogP contribution in [0.1, 0.15) is 29.8 Å². The summed E-state index contributed by atoms with van der Waals surface area (Å²) >= 11 is 0. The molecule has 2 aromatic rings. The molecule has 3 rings (SSSR count). The lowest BCUT2D eigenvalue weighted by atomic mass is 10.0. The summed E-state index contributed by atoms with van der Waals surface area (Å²) in [6, 6.07) is 6.99. The number of hydrogen-bond donors (Lipinski definition) is 1. The van der Waals surface area contributed by atoms with E-state index in [0.717, 1.165) is 5.56 Å². The fourth-order valence-electron chi connectivity index (χ4n) is 3.01. The molecule has 0 aliphatic carbocycles. The van der Waals surface area contributed by atoms with Crippen LogP contribution < -0.4 is 5.32 Å². The van der Waals surface area contributed by atoms with Crippen molar-refractivity contribution >= 4 is 17.5 Å². The number of fused-ring (bicyclic) bond motifs is 1. The molecule has 120 valence electrons. The Hall–Kier alpha value is -2.63. The van der Waals surface area contributed by atoms with Crippen LogP contribution >= 0.6 is 0 Å². The van der Waals surface area contributed by atoms with Crippen LogP contribution in [0.5, 0.6) is 0 Å². The molecular weight excluding hydrogens is 292 g/mol. The monoisotopic (exact) mass is 312 g/mol. The van der Waals surface area contributed by atoms with E-state index in [9.17, 15) is 9.59 Å². The lowest BCUT2D eigenvalue weighted by Crippen LogP contribution is -2.47. The molecule has 23 heavy (non-hydrogen) atoms. The topological polar surface area (TPSA) is 67.2 Å². The molecule has 6 nitrogen and oxygen atoms in total. The van der Waals surface area contributed by atoms with Crippen LogP contribution in [0.4, 0.5) is 5.69 Å². The lowest BCUT2D eigenvalue weighted by Gasteiger charge is -2.29. The minimum atomic E-state index is -0.518. The summed E-state index contributed by atoms with van der Waals surface area (Å²) < 4.78 is 1.62. The molecule has 0 saturated heterocycles. The highest BCUT2D eigenvalue weighted by molar-refractivity contribution is 6.03. The molecule has 0 spiro atoms. The third-order valence-corrected chi connectivity index (χ3v) is 4.06. The largest absolute Gasteiger partial charge is 0.322 e. The Labute approximate surface area is 135 Å². The zero-order chi connectivity index (χ0) is 16.6. The van der Waals surface area contributed by atoms with Crippen molar-refractivity contribution in [3.8, 4) is 0 Å². The van der Waals surface area contributed by atoms with Gasteiger partial charge in [0, 0.05) is 25.4 Å². The summed E-state index contributed by atoms with van der Waals surface area (Å²) in [7, 11) is 1.79. The molecule has 0 fully saturated rings. The Kier molecular flexibility index (Phi) is 3.90. The van der Waals surface area contributed by atoms with Crippen LogP contribution in [0.2, 0.25) is 0 Å². The highest BCUT2D eigenvalue weighted by Gasteiger charge is 2.37. The molecule has 0 bridgehead atoms. The predicted octanol–water partition coefficient (Wildman–Crippen LogP) is 2.04. The second-order valence-electron chi connectivity index (χ2n) is 6.17. The van der Waals surface area contributed by atoms with E-state index in [2.05, 4.69) is 10.4 Å². The molecule has 0 saturated carbocycles. The Balaban J connectivity index is 1.83. The van der Waals surface area contributed by atoms with Gasteiger partial charge in [-0.3, -0.25) is 14.3 Å². The Bertz CT molecular complexity index is 751. The summed E-state index contributed by atoms with van der Waals surface area (Å²) in [6.45, 7) is 4.37. The smallest absolute Gasteiger partial charge is 0.255 e. The number of aromatic nitrogens is 2. The van der Waals surface area contributed by atoms with E-state index < -0.39 is 6.04 Å². The van der Waals surface area contributed by atoms with Crippen LogP contribution in [0.15, 0.2) is 36.7 Å². The molecule has 1 unspecified atom stereocenters. The SMILES string of the molecule is CC(C)C(C(=O)Nc1cnn(C)c1)N1Cc2ccccc2C1=O. The lowest BCUT2D eigenvalue weighted by molar-refractivity contribution is -0.122. The van der Waals surface area contributed by atoms with Gasteiger partial charge in [0.25, 0.3) is 5.91 Å². The molecule has 1 aliphatic heterocycles. The third kappa shape index (κ3) is 2.84. The van der Waals surface area contributed by atoms with Crippen LogP contribution in [0.3, 0.4) is 0 Å². The van der Waals surface area contributed by atoms with Crippen molar-refractivity contribution < 1.29 is 9.59 Å². The van der Waals surface area contributed by atoms with E-state index in [-0.39, 0.29) is 17.7 Å². The molecule has 1 aromatic carbocycles. The first-order chi connectivity index (χ1) is 11.0. The maximum absolute atomic E-state index is 12.7. The molecule has 2 heterocycles. The van der Waals surface area contributed by atoms with Gasteiger partial charge in [-0.2, -0.15) is 5.10 Å². The van der Waals surface area contributed by atoms with E-state index in [1.54, 1.807) is 29.0 Å². The first-order valence-corrected chi connectivity index (χ1v) is 7.65. The number of hydrogen-bond acceptors (Lipinski definition) is 3. The van der Waals surface area contributed by atoms with Gasteiger partial charge in [0.1, 0.15) is 6.04 Å². The number of amides is 2. The first kappa shape index (κ1) is 15.3. The number of carbonyl (C=O) groups excluding carboxylic acids is 2. The van der Waals surface area contributed by atoms with Crippen molar-refractivity contribution in [1.82, 2.24) is 14.7 Å². The van der Waals surface area contributed by atoms with Gasteiger partial charge < -0.3 is 10.2 Å². The summed E-state index contributed by atoms with van der Waals surface area (Å²) in [5.41, 5.74) is 2.29. The molecule has 1 atom stereocenters. The van der Waals surface area contributed by atoms with Crippen LogP contribution in [-0.2, 0) is 18.4 Å². The molecule has 1 aliphatic rings. The van der Waals surface area contributed by atoms with Gasteiger partial charge >= 0.3 is 0 Å². The van der Waals surface area contributed by atoms with Crippen molar-refractivity contribution in [1.29, 1.82) is 0 Å². The molecule has 1 aromatic heterocycles. The fourth-order valence-corrected chi connectivity index (χ4v) is 3.01. The Morgan fingerprint density at radius 3 is 2.65 bits per heavy atom. The third-order valence-electron chi connectivity index (χ3n) is 4.06. The second-order valence-corrected chi connectivity index (χ2v) is 6.17. The average Bonchev–Trinajstić information content (AvgIpc) is 3.04. The van der Waals surface area contributed by atoms with Crippen LogP contribution in [0.25, 0.3) is 0 Å². The zero-order valence-electron chi connectivity index (χ0n) is 13.5. The highest BCUT2D eigenvalue weighted by Crippen LogP contribution is 2.27. The number of nitrogens with zero attached hydrogens (tertiary/aromatic N) is 3. The van der Waals surface area contributed by atoms with Gasteiger partial charge in [0.15, 0.2) is 0 Å². The summed E-state index contributed by atoms with van der Waals surface area (Å²) in [5, 5.41) is 6.89. The van der Waals surface area contributed by atoms with Gasteiger partial charge in [-0.25, -0.2) is 0 Å². The number of anilines is 1. The van der Waals surface area contributed by atoms with E-state index >= 15 is 0 Å². The number of aryl methyl sites for hydroxylation is 1. The van der Waals surface area contributed by atoms with Gasteiger partial charge in [-0.15, -0.1) is 0 Å². The minimum Gasteiger partial charge on any atom is -0.322 e. The molecule has 0 radical (unpaired) electrons. The predicted molar refractivity (Wildman–Crippen MR) is 86.8 cm³/mol. The molecule has 1 N–H and O–H groups in total. The standard InChI is InChI=1S/C17H20N4O2/c1-11(2)15(16(22)19-13-8-18-20(3)10-13)21-9-12-6-4-5-7-14(12)17(21)23/h4-8,10-11,15H,9H2,1-3H3,(H,19,22). The molecule has 2 amide bonds. The van der Waals surface area contributed by atoms with E-state index in [1.165, 1.54) is 0 Å². The number of nitrogens with one attached hydrogen (secondary N) is 1. The maximum atomic E-state index is 12.7. The van der Waals surface area contributed by atoms with E-state index in [4.69, 9.17) is 0 Å². The highest BCUT2D eigenvalue weighted by atomic mass is 16.2.